The zero-order valence-corrected chi connectivity index (χ0v) is 22.5. The SMILES string of the molecule is CCCCOc1ccc(/C=C/C(=O)Oc2ccc(/C=C(\C#N)c3ccc(Cl)cc3)cc2OC)cc1OCC. The summed E-state index contributed by atoms with van der Waals surface area (Å²) in [6, 6.07) is 19.8. The molecule has 0 saturated heterocycles. The van der Waals surface area contributed by atoms with Gasteiger partial charge < -0.3 is 18.9 Å². The monoisotopic (exact) mass is 531 g/mol. The number of esters is 1. The maximum atomic E-state index is 12.5. The molecule has 3 aromatic rings. The minimum absolute atomic E-state index is 0.263. The standard InChI is InChI=1S/C31H30ClNO5/c1-4-6-17-37-27-14-7-22(19-30(27)36-5-2)9-16-31(34)38-28-15-8-23(20-29(28)35-3)18-25(21-33)24-10-12-26(32)13-11-24/h7-16,18-20H,4-6,17H2,1-3H3/b16-9+,25-18+. The van der Waals surface area contributed by atoms with Crippen molar-refractivity contribution in [1.82, 2.24) is 0 Å². The van der Waals surface area contributed by atoms with Crippen LogP contribution < -0.4 is 18.9 Å². The van der Waals surface area contributed by atoms with Crippen molar-refractivity contribution in [3.8, 4) is 29.1 Å². The lowest BCUT2D eigenvalue weighted by Gasteiger charge is -2.12. The minimum Gasteiger partial charge on any atom is -0.493 e. The lowest BCUT2D eigenvalue weighted by Crippen LogP contribution is -2.05. The van der Waals surface area contributed by atoms with Crippen molar-refractivity contribution in [1.29, 1.82) is 5.26 Å². The fourth-order valence-corrected chi connectivity index (χ4v) is 3.61. The zero-order valence-electron chi connectivity index (χ0n) is 21.7. The summed E-state index contributed by atoms with van der Waals surface area (Å²) in [5, 5.41) is 10.2. The molecule has 0 unspecified atom stereocenters. The second kappa shape index (κ2) is 14.5. The number of halogens is 1. The highest BCUT2D eigenvalue weighted by Gasteiger charge is 2.11. The number of benzene rings is 3. The number of nitrogens with zero attached hydrogens (tertiary/aromatic N) is 1. The fraction of sp³-hybridized carbons (Fsp3) is 0.226. The predicted octanol–water partition coefficient (Wildman–Crippen LogP) is 7.61. The molecular formula is C31H30ClNO5. The van der Waals surface area contributed by atoms with Gasteiger partial charge in [0.2, 0.25) is 0 Å². The van der Waals surface area contributed by atoms with E-state index in [0.717, 1.165) is 24.0 Å². The summed E-state index contributed by atoms with van der Waals surface area (Å²) in [7, 11) is 1.49. The molecule has 196 valence electrons. The van der Waals surface area contributed by atoms with Crippen LogP contribution in [-0.2, 0) is 4.79 Å². The molecule has 0 amide bonds. The van der Waals surface area contributed by atoms with Crippen molar-refractivity contribution in [2.45, 2.75) is 26.7 Å². The number of hydrogen-bond donors (Lipinski definition) is 0. The van der Waals surface area contributed by atoms with E-state index in [1.165, 1.54) is 13.2 Å². The summed E-state index contributed by atoms with van der Waals surface area (Å²) in [6.07, 6.45) is 6.71. The number of methoxy groups -OCH3 is 1. The molecule has 0 atom stereocenters. The first-order valence-electron chi connectivity index (χ1n) is 12.3. The van der Waals surface area contributed by atoms with Gasteiger partial charge in [-0.1, -0.05) is 49.2 Å². The normalized spacial score (nSPS) is 11.2. The number of carbonyl (C=O) groups is 1. The summed E-state index contributed by atoms with van der Waals surface area (Å²) >= 11 is 5.95. The molecule has 0 aliphatic rings. The lowest BCUT2D eigenvalue weighted by molar-refractivity contribution is -0.129. The van der Waals surface area contributed by atoms with Gasteiger partial charge in [0, 0.05) is 11.1 Å². The third-order valence-electron chi connectivity index (χ3n) is 5.42. The predicted molar refractivity (Wildman–Crippen MR) is 151 cm³/mol. The lowest BCUT2D eigenvalue weighted by atomic mass is 10.0. The number of unbranched alkanes of at least 4 members (excludes halogenated alkanes) is 1. The third-order valence-corrected chi connectivity index (χ3v) is 5.67. The highest BCUT2D eigenvalue weighted by atomic mass is 35.5. The van der Waals surface area contributed by atoms with Gasteiger partial charge in [0.15, 0.2) is 23.0 Å². The average Bonchev–Trinajstić information content (AvgIpc) is 2.93. The van der Waals surface area contributed by atoms with Gasteiger partial charge in [0.05, 0.1) is 32.0 Å². The van der Waals surface area contributed by atoms with Gasteiger partial charge >= 0.3 is 5.97 Å². The molecule has 0 N–H and O–H groups in total. The average molecular weight is 532 g/mol. The molecule has 0 spiro atoms. The summed E-state index contributed by atoms with van der Waals surface area (Å²) in [5.41, 5.74) is 2.69. The zero-order chi connectivity index (χ0) is 27.3. The van der Waals surface area contributed by atoms with Crippen LogP contribution in [-0.4, -0.2) is 26.3 Å². The first-order chi connectivity index (χ1) is 18.5. The third kappa shape index (κ3) is 8.16. The van der Waals surface area contributed by atoms with Crippen molar-refractivity contribution in [3.05, 3.63) is 88.5 Å². The van der Waals surface area contributed by atoms with Crippen molar-refractivity contribution < 1.29 is 23.7 Å². The quantitative estimate of drug-likeness (QED) is 0.0597. The van der Waals surface area contributed by atoms with Crippen molar-refractivity contribution in [2.24, 2.45) is 0 Å². The Labute approximate surface area is 228 Å². The van der Waals surface area contributed by atoms with Crippen molar-refractivity contribution in [2.75, 3.05) is 20.3 Å². The van der Waals surface area contributed by atoms with E-state index in [4.69, 9.17) is 30.5 Å². The Bertz CT molecular complexity index is 1340. The van der Waals surface area contributed by atoms with Crippen molar-refractivity contribution >= 4 is 35.3 Å². The number of ether oxygens (including phenoxy) is 4. The second-order valence-electron chi connectivity index (χ2n) is 8.18. The van der Waals surface area contributed by atoms with Gasteiger partial charge in [-0.15, -0.1) is 0 Å². The Morgan fingerprint density at radius 1 is 0.921 bits per heavy atom. The first-order valence-corrected chi connectivity index (χ1v) is 12.7. The van der Waals surface area contributed by atoms with Crippen LogP contribution >= 0.6 is 11.6 Å². The van der Waals surface area contributed by atoms with Crippen LogP contribution in [0.15, 0.2) is 66.7 Å². The Balaban J connectivity index is 1.72. The minimum atomic E-state index is -0.563. The first kappa shape index (κ1) is 28.4. The Hall–Kier alpha value is -4.21. The molecule has 0 radical (unpaired) electrons. The number of carbonyl (C=O) groups excluding carboxylic acids is 1. The molecule has 0 aliphatic carbocycles. The summed E-state index contributed by atoms with van der Waals surface area (Å²) in [6.45, 7) is 5.13. The van der Waals surface area contributed by atoms with E-state index >= 15 is 0 Å². The maximum Gasteiger partial charge on any atom is 0.336 e. The maximum absolute atomic E-state index is 12.5. The molecule has 7 heteroatoms. The van der Waals surface area contributed by atoms with Gasteiger partial charge in [-0.05, 0) is 78.6 Å². The molecule has 6 nitrogen and oxygen atoms in total. The van der Waals surface area contributed by atoms with E-state index in [2.05, 4.69) is 13.0 Å². The summed E-state index contributed by atoms with van der Waals surface area (Å²) in [5.74, 6) is 1.36. The van der Waals surface area contributed by atoms with Gasteiger partial charge in [-0.3, -0.25) is 0 Å². The van der Waals surface area contributed by atoms with Gasteiger partial charge in [0.1, 0.15) is 0 Å². The molecule has 38 heavy (non-hydrogen) atoms. The van der Waals surface area contributed by atoms with E-state index < -0.39 is 5.97 Å². The van der Waals surface area contributed by atoms with Gasteiger partial charge in [-0.2, -0.15) is 5.26 Å². The van der Waals surface area contributed by atoms with Gasteiger partial charge in [0.25, 0.3) is 0 Å². The van der Waals surface area contributed by atoms with Crippen LogP contribution in [0, 0.1) is 11.3 Å². The van der Waals surface area contributed by atoms with Crippen LogP contribution in [0.3, 0.4) is 0 Å². The number of nitriles is 1. The van der Waals surface area contributed by atoms with Gasteiger partial charge in [-0.25, -0.2) is 4.79 Å². The molecule has 0 heterocycles. The Morgan fingerprint density at radius 3 is 2.32 bits per heavy atom. The van der Waals surface area contributed by atoms with E-state index in [-0.39, 0.29) is 5.75 Å². The van der Waals surface area contributed by atoms with E-state index in [1.807, 2.05) is 25.1 Å². The summed E-state index contributed by atoms with van der Waals surface area (Å²) < 4.78 is 22.4. The molecule has 0 bridgehead atoms. The number of rotatable bonds is 12. The van der Waals surface area contributed by atoms with E-state index in [0.29, 0.717) is 46.6 Å². The van der Waals surface area contributed by atoms with Crippen LogP contribution in [0.4, 0.5) is 0 Å². The smallest absolute Gasteiger partial charge is 0.336 e. The molecule has 3 rings (SSSR count). The fourth-order valence-electron chi connectivity index (χ4n) is 3.48. The Kier molecular flexibility index (Phi) is 10.8. The second-order valence-corrected chi connectivity index (χ2v) is 8.62. The largest absolute Gasteiger partial charge is 0.493 e. The van der Waals surface area contributed by atoms with Crippen molar-refractivity contribution in [3.63, 3.8) is 0 Å². The molecule has 3 aromatic carbocycles. The van der Waals surface area contributed by atoms with Crippen LogP contribution in [0.25, 0.3) is 17.7 Å². The molecule has 0 saturated carbocycles. The Morgan fingerprint density at radius 2 is 1.63 bits per heavy atom. The molecule has 0 fully saturated rings. The number of hydrogen-bond acceptors (Lipinski definition) is 6. The highest BCUT2D eigenvalue weighted by molar-refractivity contribution is 6.30. The number of allylic oxidation sites excluding steroid dienone is 1. The molecular weight excluding hydrogens is 502 g/mol. The van der Waals surface area contributed by atoms with Crippen LogP contribution in [0.2, 0.25) is 5.02 Å². The topological polar surface area (TPSA) is 77.8 Å². The molecule has 0 aromatic heterocycles. The van der Waals surface area contributed by atoms with E-state index in [9.17, 15) is 10.1 Å². The highest BCUT2D eigenvalue weighted by Crippen LogP contribution is 2.31. The van der Waals surface area contributed by atoms with Crippen LogP contribution in [0.1, 0.15) is 43.4 Å². The van der Waals surface area contributed by atoms with E-state index in [1.54, 1.807) is 54.6 Å². The molecule has 0 aliphatic heterocycles. The van der Waals surface area contributed by atoms with Crippen LogP contribution in [0.5, 0.6) is 23.0 Å². The summed E-state index contributed by atoms with van der Waals surface area (Å²) in [4.78, 5) is 12.5.